The SMILES string of the molecule is COc1ccc2nc(N(/N=C/c3ccc([N+](=O)[O-])o3)C(=O)c3cc4cc([N+](=O)[O-])ccc4s3)sc2c1. The Morgan fingerprint density at radius 3 is 2.61 bits per heavy atom. The van der Waals surface area contributed by atoms with Crippen LogP contribution >= 0.6 is 22.7 Å². The van der Waals surface area contributed by atoms with Crippen LogP contribution in [0.5, 0.6) is 5.75 Å². The van der Waals surface area contributed by atoms with Gasteiger partial charge in [-0.15, -0.1) is 11.3 Å². The summed E-state index contributed by atoms with van der Waals surface area (Å²) >= 11 is 2.34. The van der Waals surface area contributed by atoms with Crippen LogP contribution in [0.1, 0.15) is 15.4 Å². The van der Waals surface area contributed by atoms with Gasteiger partial charge in [0, 0.05) is 22.2 Å². The fourth-order valence-electron chi connectivity index (χ4n) is 3.28. The molecule has 0 saturated heterocycles. The average molecular weight is 524 g/mol. The average Bonchev–Trinajstić information content (AvgIpc) is 3.60. The first-order valence-electron chi connectivity index (χ1n) is 10.1. The van der Waals surface area contributed by atoms with Crippen LogP contribution in [0.15, 0.2) is 64.1 Å². The summed E-state index contributed by atoms with van der Waals surface area (Å²) in [5, 5.41) is 28.1. The number of hydrogen-bond donors (Lipinski definition) is 0. The molecule has 0 spiro atoms. The number of ether oxygens (including phenoxy) is 1. The van der Waals surface area contributed by atoms with Crippen LogP contribution in [0.4, 0.5) is 16.7 Å². The molecule has 0 unspecified atom stereocenters. The second-order valence-corrected chi connectivity index (χ2v) is 9.31. The van der Waals surface area contributed by atoms with Gasteiger partial charge >= 0.3 is 5.88 Å². The molecule has 0 bridgehead atoms. The monoisotopic (exact) mass is 523 g/mol. The molecule has 180 valence electrons. The van der Waals surface area contributed by atoms with Crippen molar-refractivity contribution in [1.82, 2.24) is 4.98 Å². The summed E-state index contributed by atoms with van der Waals surface area (Å²) in [6, 6.07) is 13.7. The van der Waals surface area contributed by atoms with E-state index >= 15 is 0 Å². The number of thiophene rings is 1. The number of furan rings is 1. The lowest BCUT2D eigenvalue weighted by molar-refractivity contribution is -0.402. The number of nitro benzene ring substituents is 1. The zero-order chi connectivity index (χ0) is 25.4. The normalized spacial score (nSPS) is 11.4. The van der Waals surface area contributed by atoms with Gasteiger partial charge < -0.3 is 9.15 Å². The zero-order valence-electron chi connectivity index (χ0n) is 18.2. The standard InChI is InChI=1S/C22H13N5O7S2/c1-33-14-3-5-16-18(10-14)36-22(24-16)25(23-11-15-4-7-20(34-15)27(31)32)21(28)19-9-12-8-13(26(29)30)2-6-17(12)35-19/h2-11H,1H3/b23-11+. The van der Waals surface area contributed by atoms with Crippen molar-refractivity contribution >= 4 is 71.8 Å². The molecule has 36 heavy (non-hydrogen) atoms. The summed E-state index contributed by atoms with van der Waals surface area (Å²) < 4.78 is 11.8. The molecule has 0 fully saturated rings. The van der Waals surface area contributed by atoms with Gasteiger partial charge in [-0.25, -0.2) is 4.98 Å². The molecule has 5 aromatic rings. The molecular formula is C22H13N5O7S2. The number of thiazole rings is 1. The Morgan fingerprint density at radius 2 is 1.89 bits per heavy atom. The molecule has 0 aliphatic carbocycles. The van der Waals surface area contributed by atoms with Crippen LogP contribution in [0.2, 0.25) is 0 Å². The van der Waals surface area contributed by atoms with Gasteiger partial charge in [0.2, 0.25) is 5.13 Å². The second-order valence-electron chi connectivity index (χ2n) is 7.21. The van der Waals surface area contributed by atoms with Crippen molar-refractivity contribution in [3.8, 4) is 5.75 Å². The van der Waals surface area contributed by atoms with Crippen LogP contribution in [-0.4, -0.2) is 34.1 Å². The molecule has 12 nitrogen and oxygen atoms in total. The first kappa shape index (κ1) is 23.1. The predicted molar refractivity (Wildman–Crippen MR) is 134 cm³/mol. The predicted octanol–water partition coefficient (Wildman–Crippen LogP) is 5.61. The highest BCUT2D eigenvalue weighted by molar-refractivity contribution is 7.23. The minimum atomic E-state index is -0.683. The second kappa shape index (κ2) is 9.16. The van der Waals surface area contributed by atoms with Crippen LogP contribution in [0, 0.1) is 20.2 Å². The van der Waals surface area contributed by atoms with Crippen molar-refractivity contribution in [2.24, 2.45) is 5.10 Å². The summed E-state index contributed by atoms with van der Waals surface area (Å²) in [5.74, 6) is -0.322. The lowest BCUT2D eigenvalue weighted by Gasteiger charge is -2.12. The quantitative estimate of drug-likeness (QED) is 0.151. The lowest BCUT2D eigenvalue weighted by atomic mass is 10.2. The molecule has 0 N–H and O–H groups in total. The number of anilines is 1. The third kappa shape index (κ3) is 4.37. The molecule has 14 heteroatoms. The number of benzene rings is 2. The summed E-state index contributed by atoms with van der Waals surface area (Å²) in [4.78, 5) is 39.2. The highest BCUT2D eigenvalue weighted by Crippen LogP contribution is 2.35. The number of non-ortho nitro benzene ring substituents is 1. The molecule has 0 saturated carbocycles. The number of hydrazone groups is 1. The number of aromatic nitrogens is 1. The van der Waals surface area contributed by atoms with Crippen molar-refractivity contribution in [2.45, 2.75) is 0 Å². The number of hydrogen-bond acceptors (Lipinski definition) is 11. The van der Waals surface area contributed by atoms with E-state index in [9.17, 15) is 25.0 Å². The summed E-state index contributed by atoms with van der Waals surface area (Å²) in [6.45, 7) is 0. The Morgan fingerprint density at radius 1 is 1.06 bits per heavy atom. The van der Waals surface area contributed by atoms with Crippen molar-refractivity contribution in [3.63, 3.8) is 0 Å². The largest absolute Gasteiger partial charge is 0.497 e. The number of fused-ring (bicyclic) bond motifs is 2. The van der Waals surface area contributed by atoms with E-state index in [2.05, 4.69) is 10.1 Å². The minimum absolute atomic E-state index is 0.0641. The van der Waals surface area contributed by atoms with Gasteiger partial charge in [-0.05, 0) is 36.4 Å². The summed E-state index contributed by atoms with van der Waals surface area (Å²) in [6.07, 6.45) is 1.18. The number of amides is 1. The van der Waals surface area contributed by atoms with E-state index in [1.165, 1.54) is 48.9 Å². The molecular weight excluding hydrogens is 510 g/mol. The van der Waals surface area contributed by atoms with Crippen LogP contribution in [0.3, 0.4) is 0 Å². The molecule has 3 heterocycles. The van der Waals surface area contributed by atoms with Gasteiger partial charge in [0.05, 0.1) is 39.4 Å². The zero-order valence-corrected chi connectivity index (χ0v) is 19.8. The van der Waals surface area contributed by atoms with Crippen LogP contribution < -0.4 is 9.75 Å². The van der Waals surface area contributed by atoms with E-state index in [0.717, 1.165) is 21.0 Å². The van der Waals surface area contributed by atoms with Gasteiger partial charge in [0.15, 0.2) is 5.76 Å². The van der Waals surface area contributed by atoms with E-state index in [0.29, 0.717) is 21.4 Å². The molecule has 0 aliphatic heterocycles. The van der Waals surface area contributed by atoms with Crippen LogP contribution in [0.25, 0.3) is 20.3 Å². The number of carbonyl (C=O) groups is 1. The van der Waals surface area contributed by atoms with Gasteiger partial charge in [0.25, 0.3) is 11.6 Å². The highest BCUT2D eigenvalue weighted by Gasteiger charge is 2.24. The highest BCUT2D eigenvalue weighted by atomic mass is 32.1. The molecule has 3 aromatic heterocycles. The Hall–Kier alpha value is -4.69. The van der Waals surface area contributed by atoms with Gasteiger partial charge in [0.1, 0.15) is 10.7 Å². The van der Waals surface area contributed by atoms with E-state index < -0.39 is 21.6 Å². The maximum atomic E-state index is 13.6. The Balaban J connectivity index is 1.56. The Labute approximate surface area is 209 Å². The third-order valence-electron chi connectivity index (χ3n) is 4.97. The summed E-state index contributed by atoms with van der Waals surface area (Å²) in [7, 11) is 1.54. The van der Waals surface area contributed by atoms with E-state index in [1.54, 1.807) is 30.3 Å². The molecule has 0 aliphatic rings. The summed E-state index contributed by atoms with van der Waals surface area (Å²) in [5.41, 5.74) is 0.526. The number of nitrogens with zero attached hydrogens (tertiary/aromatic N) is 5. The molecule has 2 aromatic carbocycles. The Bertz CT molecular complexity index is 1690. The fraction of sp³-hybridized carbons (Fsp3) is 0.0455. The van der Waals surface area contributed by atoms with Gasteiger partial charge in [-0.3, -0.25) is 25.0 Å². The number of rotatable bonds is 7. The van der Waals surface area contributed by atoms with E-state index in [4.69, 9.17) is 9.15 Å². The number of carbonyl (C=O) groups excluding carboxylic acids is 1. The molecule has 0 radical (unpaired) electrons. The number of nitro groups is 2. The van der Waals surface area contributed by atoms with Crippen molar-refractivity contribution in [3.05, 3.63) is 85.5 Å². The maximum Gasteiger partial charge on any atom is 0.433 e. The maximum absolute atomic E-state index is 13.6. The molecule has 0 atom stereocenters. The topological polar surface area (TPSA) is 154 Å². The van der Waals surface area contributed by atoms with Crippen LogP contribution in [-0.2, 0) is 0 Å². The first-order valence-corrected chi connectivity index (χ1v) is 11.7. The third-order valence-corrected chi connectivity index (χ3v) is 7.07. The smallest absolute Gasteiger partial charge is 0.433 e. The van der Waals surface area contributed by atoms with Crippen molar-refractivity contribution in [1.29, 1.82) is 0 Å². The van der Waals surface area contributed by atoms with E-state index in [1.807, 2.05) is 0 Å². The van der Waals surface area contributed by atoms with Crippen molar-refractivity contribution in [2.75, 3.05) is 12.1 Å². The van der Waals surface area contributed by atoms with Gasteiger partial charge in [-0.2, -0.15) is 10.1 Å². The lowest BCUT2D eigenvalue weighted by Crippen LogP contribution is -2.24. The van der Waals surface area contributed by atoms with Crippen molar-refractivity contribution < 1.29 is 23.8 Å². The minimum Gasteiger partial charge on any atom is -0.497 e. The Kier molecular flexibility index (Phi) is 5.87. The van der Waals surface area contributed by atoms with E-state index in [-0.39, 0.29) is 21.5 Å². The van der Waals surface area contributed by atoms with Gasteiger partial charge in [-0.1, -0.05) is 11.3 Å². The first-order chi connectivity index (χ1) is 17.3. The molecule has 5 rings (SSSR count). The molecule has 1 amide bonds. The fourth-order valence-corrected chi connectivity index (χ4v) is 5.20. The number of methoxy groups -OCH3 is 1.